The number of amides is 1. The zero-order valence-electron chi connectivity index (χ0n) is 15.4. The number of para-hydroxylation sites is 1. The predicted molar refractivity (Wildman–Crippen MR) is 110 cm³/mol. The van der Waals surface area contributed by atoms with Crippen molar-refractivity contribution in [3.8, 4) is 16.9 Å². The molecule has 1 N–H and O–H groups in total. The lowest BCUT2D eigenvalue weighted by Gasteiger charge is -2.26. The number of aromatic amines is 1. The van der Waals surface area contributed by atoms with Gasteiger partial charge in [-0.1, -0.05) is 60.7 Å². The van der Waals surface area contributed by atoms with Crippen molar-refractivity contribution in [1.29, 1.82) is 0 Å². The zero-order chi connectivity index (χ0) is 18.9. The van der Waals surface area contributed by atoms with Gasteiger partial charge in [-0.2, -0.15) is 0 Å². The second-order valence-corrected chi connectivity index (χ2v) is 7.06. The molecular weight excluding hydrogens is 348 g/mol. The molecule has 1 aliphatic heterocycles. The summed E-state index contributed by atoms with van der Waals surface area (Å²) in [6.07, 6.45) is 0.526. The van der Waals surface area contributed by atoms with Gasteiger partial charge < -0.3 is 14.6 Å². The average molecular weight is 368 g/mol. The van der Waals surface area contributed by atoms with Crippen molar-refractivity contribution in [1.82, 2.24) is 9.88 Å². The monoisotopic (exact) mass is 368 g/mol. The Balaban J connectivity index is 1.29. The maximum absolute atomic E-state index is 12.6. The lowest BCUT2D eigenvalue weighted by Crippen LogP contribution is -2.37. The minimum atomic E-state index is -0.309. The Labute approximate surface area is 163 Å². The number of benzene rings is 3. The summed E-state index contributed by atoms with van der Waals surface area (Å²) in [5, 5.41) is 1.25. The highest BCUT2D eigenvalue weighted by atomic mass is 16.6. The minimum Gasteiger partial charge on any atom is -0.410 e. The van der Waals surface area contributed by atoms with Crippen molar-refractivity contribution in [3.63, 3.8) is 0 Å². The summed E-state index contributed by atoms with van der Waals surface area (Å²) in [5.74, 6) is 0.562. The molecule has 0 fully saturated rings. The molecule has 0 saturated carbocycles. The van der Waals surface area contributed by atoms with Crippen LogP contribution in [0.25, 0.3) is 22.0 Å². The number of fused-ring (bicyclic) bond motifs is 3. The highest BCUT2D eigenvalue weighted by molar-refractivity contribution is 5.85. The maximum atomic E-state index is 12.6. The second-order valence-electron chi connectivity index (χ2n) is 7.06. The summed E-state index contributed by atoms with van der Waals surface area (Å²) in [6, 6.07) is 26.1. The van der Waals surface area contributed by atoms with Gasteiger partial charge in [-0.25, -0.2) is 4.79 Å². The van der Waals surface area contributed by atoms with Gasteiger partial charge in [0.15, 0.2) is 0 Å². The highest BCUT2D eigenvalue weighted by Gasteiger charge is 2.25. The van der Waals surface area contributed by atoms with Gasteiger partial charge in [-0.3, -0.25) is 0 Å². The van der Waals surface area contributed by atoms with Crippen LogP contribution in [-0.2, 0) is 13.0 Å². The molecule has 0 saturated heterocycles. The molecule has 3 aromatic carbocycles. The zero-order valence-corrected chi connectivity index (χ0v) is 15.4. The van der Waals surface area contributed by atoms with Crippen LogP contribution in [0.2, 0.25) is 0 Å². The quantitative estimate of drug-likeness (QED) is 0.515. The van der Waals surface area contributed by atoms with E-state index in [-0.39, 0.29) is 6.09 Å². The smallest absolute Gasteiger partial charge is 0.410 e. The molecule has 4 nitrogen and oxygen atoms in total. The molecule has 0 bridgehead atoms. The lowest BCUT2D eigenvalue weighted by molar-refractivity contribution is 0.146. The van der Waals surface area contributed by atoms with E-state index < -0.39 is 0 Å². The topological polar surface area (TPSA) is 45.3 Å². The highest BCUT2D eigenvalue weighted by Crippen LogP contribution is 2.28. The molecule has 28 heavy (non-hydrogen) atoms. The molecule has 0 aliphatic carbocycles. The lowest BCUT2D eigenvalue weighted by atomic mass is 10.0. The SMILES string of the molecule is O=C(Oc1ccc(-c2ccccc2)cc1)N1CCc2c([nH]c3ccccc23)C1. The molecule has 1 amide bonds. The van der Waals surface area contributed by atoms with Crippen LogP contribution in [0.1, 0.15) is 11.3 Å². The van der Waals surface area contributed by atoms with E-state index in [0.29, 0.717) is 18.8 Å². The first-order valence-electron chi connectivity index (χ1n) is 9.48. The summed E-state index contributed by atoms with van der Waals surface area (Å²) in [4.78, 5) is 17.8. The Bertz CT molecular complexity index is 1130. The van der Waals surface area contributed by atoms with Gasteiger partial charge in [0.2, 0.25) is 0 Å². The number of aromatic nitrogens is 1. The van der Waals surface area contributed by atoms with Crippen molar-refractivity contribution in [3.05, 3.63) is 90.1 Å². The number of rotatable bonds is 2. The second kappa shape index (κ2) is 6.89. The minimum absolute atomic E-state index is 0.309. The fraction of sp³-hybridized carbons (Fsp3) is 0.125. The van der Waals surface area contributed by atoms with Crippen molar-refractivity contribution in [2.45, 2.75) is 13.0 Å². The molecule has 2 heterocycles. The van der Waals surface area contributed by atoms with Crippen molar-refractivity contribution in [2.24, 2.45) is 0 Å². The summed E-state index contributed by atoms with van der Waals surface area (Å²) in [5.41, 5.74) is 5.78. The van der Waals surface area contributed by atoms with E-state index in [0.717, 1.165) is 28.8 Å². The van der Waals surface area contributed by atoms with E-state index in [9.17, 15) is 4.79 Å². The van der Waals surface area contributed by atoms with E-state index in [2.05, 4.69) is 35.3 Å². The summed E-state index contributed by atoms with van der Waals surface area (Å²) < 4.78 is 5.61. The van der Waals surface area contributed by atoms with Crippen LogP contribution >= 0.6 is 0 Å². The number of nitrogens with one attached hydrogen (secondary N) is 1. The number of carbonyl (C=O) groups excluding carboxylic acids is 1. The fourth-order valence-corrected chi connectivity index (χ4v) is 3.86. The molecule has 0 unspecified atom stereocenters. The molecule has 4 aromatic rings. The van der Waals surface area contributed by atoms with Crippen molar-refractivity contribution >= 4 is 17.0 Å². The van der Waals surface area contributed by atoms with E-state index >= 15 is 0 Å². The predicted octanol–water partition coefficient (Wildman–Crippen LogP) is 5.39. The van der Waals surface area contributed by atoms with E-state index in [4.69, 9.17) is 4.74 Å². The van der Waals surface area contributed by atoms with Gasteiger partial charge in [0.1, 0.15) is 5.75 Å². The van der Waals surface area contributed by atoms with E-state index in [1.54, 1.807) is 4.90 Å². The normalized spacial score (nSPS) is 13.4. The number of H-pyrrole nitrogens is 1. The fourth-order valence-electron chi connectivity index (χ4n) is 3.86. The number of hydrogen-bond acceptors (Lipinski definition) is 2. The maximum Gasteiger partial charge on any atom is 0.415 e. The van der Waals surface area contributed by atoms with E-state index in [1.807, 2.05) is 48.5 Å². The van der Waals surface area contributed by atoms with Gasteiger partial charge in [-0.15, -0.1) is 0 Å². The van der Waals surface area contributed by atoms with E-state index in [1.165, 1.54) is 10.9 Å². The first kappa shape index (κ1) is 16.6. The summed E-state index contributed by atoms with van der Waals surface area (Å²) in [6.45, 7) is 1.21. The Hall–Kier alpha value is -3.53. The van der Waals surface area contributed by atoms with Crippen molar-refractivity contribution < 1.29 is 9.53 Å². The van der Waals surface area contributed by atoms with Crippen LogP contribution in [0, 0.1) is 0 Å². The molecule has 1 aromatic heterocycles. The van der Waals surface area contributed by atoms with Gasteiger partial charge in [0, 0.05) is 23.1 Å². The Kier molecular flexibility index (Phi) is 4.09. The molecule has 4 heteroatoms. The molecule has 0 spiro atoms. The Morgan fingerprint density at radius 2 is 1.57 bits per heavy atom. The Morgan fingerprint density at radius 1 is 0.857 bits per heavy atom. The van der Waals surface area contributed by atoms with Crippen molar-refractivity contribution in [2.75, 3.05) is 6.54 Å². The Morgan fingerprint density at radius 3 is 2.39 bits per heavy atom. The summed E-state index contributed by atoms with van der Waals surface area (Å²) >= 11 is 0. The number of nitrogens with zero attached hydrogens (tertiary/aromatic N) is 1. The van der Waals surface area contributed by atoms with Gasteiger partial charge in [-0.05, 0) is 41.3 Å². The van der Waals surface area contributed by atoms with Gasteiger partial charge in [0.05, 0.1) is 6.54 Å². The first-order valence-corrected chi connectivity index (χ1v) is 9.48. The third-order valence-corrected chi connectivity index (χ3v) is 5.31. The molecule has 138 valence electrons. The summed E-state index contributed by atoms with van der Waals surface area (Å²) in [7, 11) is 0. The third kappa shape index (κ3) is 3.03. The number of hydrogen-bond donors (Lipinski definition) is 1. The van der Waals surface area contributed by atoms with Crippen LogP contribution in [0.3, 0.4) is 0 Å². The van der Waals surface area contributed by atoms with Crippen LogP contribution < -0.4 is 4.74 Å². The molecule has 0 radical (unpaired) electrons. The van der Waals surface area contributed by atoms with Crippen LogP contribution in [0.5, 0.6) is 5.75 Å². The van der Waals surface area contributed by atoms with Gasteiger partial charge in [0.25, 0.3) is 0 Å². The first-order chi connectivity index (χ1) is 13.8. The molecule has 5 rings (SSSR count). The number of ether oxygens (including phenoxy) is 1. The molecule has 0 atom stereocenters. The van der Waals surface area contributed by atoms with Crippen LogP contribution in [0.15, 0.2) is 78.9 Å². The largest absolute Gasteiger partial charge is 0.415 e. The third-order valence-electron chi connectivity index (χ3n) is 5.31. The molecule has 1 aliphatic rings. The average Bonchev–Trinajstić information content (AvgIpc) is 3.13. The molecular formula is C24H20N2O2. The van der Waals surface area contributed by atoms with Crippen LogP contribution in [-0.4, -0.2) is 22.5 Å². The van der Waals surface area contributed by atoms with Crippen LogP contribution in [0.4, 0.5) is 4.79 Å². The van der Waals surface area contributed by atoms with Gasteiger partial charge >= 0.3 is 6.09 Å². The number of carbonyl (C=O) groups is 1. The standard InChI is InChI=1S/C24H20N2O2/c27-24(28-19-12-10-18(11-13-19)17-6-2-1-3-7-17)26-15-14-21-20-8-4-5-9-22(20)25-23(21)16-26/h1-13,25H,14-16H2.